The van der Waals surface area contributed by atoms with Gasteiger partial charge in [0.05, 0.1) is 11.5 Å². The Morgan fingerprint density at radius 3 is 2.27 bits per heavy atom. The summed E-state index contributed by atoms with van der Waals surface area (Å²) in [6.07, 6.45) is 0. The molecule has 0 fully saturated rings. The Morgan fingerprint density at radius 2 is 1.50 bits per heavy atom. The van der Waals surface area contributed by atoms with Crippen LogP contribution in [0.5, 0.6) is 0 Å². The second kappa shape index (κ2) is 7.36. The maximum Gasteiger partial charge on any atom is 0.213 e. The summed E-state index contributed by atoms with van der Waals surface area (Å²) in [4.78, 5) is 3.50. The van der Waals surface area contributed by atoms with Crippen LogP contribution in [0.1, 0.15) is 5.56 Å². The summed E-state index contributed by atoms with van der Waals surface area (Å²) in [5.74, 6) is 0.805. The number of fused-ring (bicyclic) bond motifs is 1. The fourth-order valence-corrected chi connectivity index (χ4v) is 3.15. The molecule has 1 aromatic heterocycles. The molecule has 0 atom stereocenters. The standard InChI is InChI=1S/C22H15Cl2NO/c23-17-8-6-15(7-9-17)14-25-20-13-22(16-4-2-1-3-5-16)26-21-11-10-18(24)12-19(20)21/h1-13H,14H2/p+1. The lowest BCUT2D eigenvalue weighted by molar-refractivity contribution is -0.516. The van der Waals surface area contributed by atoms with Gasteiger partial charge in [-0.05, 0) is 30.3 Å². The quantitative estimate of drug-likeness (QED) is 0.552. The molecule has 0 aliphatic carbocycles. The highest BCUT2D eigenvalue weighted by Gasteiger charge is 2.09. The van der Waals surface area contributed by atoms with Crippen LogP contribution in [0.2, 0.25) is 10.0 Å². The van der Waals surface area contributed by atoms with Crippen LogP contribution in [0.3, 0.4) is 0 Å². The van der Waals surface area contributed by atoms with Crippen LogP contribution in [0.4, 0.5) is 0 Å². The van der Waals surface area contributed by atoms with E-state index in [4.69, 9.17) is 27.6 Å². The summed E-state index contributed by atoms with van der Waals surface area (Å²) in [7, 11) is 0. The van der Waals surface area contributed by atoms with Crippen LogP contribution in [-0.2, 0) is 6.54 Å². The van der Waals surface area contributed by atoms with Crippen molar-refractivity contribution in [3.63, 3.8) is 0 Å². The van der Waals surface area contributed by atoms with Crippen LogP contribution in [0.25, 0.3) is 22.3 Å². The van der Waals surface area contributed by atoms with Gasteiger partial charge in [-0.15, -0.1) is 0 Å². The second-order valence-electron chi connectivity index (χ2n) is 6.01. The summed E-state index contributed by atoms with van der Waals surface area (Å²) in [5.41, 5.74) is 2.96. The van der Waals surface area contributed by atoms with Gasteiger partial charge in [-0.1, -0.05) is 65.7 Å². The number of rotatable bonds is 3. The van der Waals surface area contributed by atoms with Crippen LogP contribution in [0.15, 0.2) is 83.3 Å². The third-order valence-corrected chi connectivity index (χ3v) is 4.67. The fraction of sp³-hybridized carbons (Fsp3) is 0.0455. The number of hydrogen-bond acceptors (Lipinski definition) is 1. The zero-order valence-corrected chi connectivity index (χ0v) is 15.4. The maximum absolute atomic E-state index is 6.20. The van der Waals surface area contributed by atoms with Crippen molar-refractivity contribution < 1.29 is 9.41 Å². The third-order valence-electron chi connectivity index (χ3n) is 4.18. The molecule has 0 aliphatic rings. The van der Waals surface area contributed by atoms with E-state index in [1.165, 1.54) is 0 Å². The van der Waals surface area contributed by atoms with Crippen molar-refractivity contribution in [3.05, 3.63) is 99.8 Å². The molecule has 4 rings (SSSR count). The Bertz CT molecular complexity index is 1120. The highest BCUT2D eigenvalue weighted by Crippen LogP contribution is 2.23. The van der Waals surface area contributed by atoms with Gasteiger partial charge in [-0.2, -0.15) is 0 Å². The largest absolute Gasteiger partial charge is 0.456 e. The summed E-state index contributed by atoms with van der Waals surface area (Å²) in [6.45, 7) is 0.678. The predicted octanol–water partition coefficient (Wildman–Crippen LogP) is 4.59. The van der Waals surface area contributed by atoms with Crippen molar-refractivity contribution >= 4 is 34.2 Å². The summed E-state index contributed by atoms with van der Waals surface area (Å²) in [5, 5.41) is 3.33. The van der Waals surface area contributed by atoms with Crippen molar-refractivity contribution in [1.29, 1.82) is 0 Å². The lowest BCUT2D eigenvalue weighted by Gasteiger charge is -2.03. The van der Waals surface area contributed by atoms with Crippen LogP contribution in [0, 0.1) is 0 Å². The second-order valence-corrected chi connectivity index (χ2v) is 6.88. The Morgan fingerprint density at radius 1 is 0.769 bits per heavy atom. The molecule has 4 aromatic rings. The molecule has 0 aliphatic heterocycles. The van der Waals surface area contributed by atoms with E-state index in [-0.39, 0.29) is 0 Å². The third kappa shape index (κ3) is 3.67. The van der Waals surface area contributed by atoms with Gasteiger partial charge in [0, 0.05) is 21.2 Å². The normalized spacial score (nSPS) is 11.8. The van der Waals surface area contributed by atoms with E-state index in [1.807, 2.05) is 78.9 Å². The van der Waals surface area contributed by atoms with Crippen LogP contribution in [-0.4, -0.2) is 0 Å². The Balaban J connectivity index is 1.86. The van der Waals surface area contributed by atoms with E-state index in [9.17, 15) is 0 Å². The highest BCUT2D eigenvalue weighted by atomic mass is 35.5. The van der Waals surface area contributed by atoms with Crippen LogP contribution < -0.4 is 10.3 Å². The smallest absolute Gasteiger partial charge is 0.213 e. The Labute approximate surface area is 161 Å². The van der Waals surface area contributed by atoms with Gasteiger partial charge in [-0.25, -0.2) is 4.99 Å². The Hall–Kier alpha value is -2.55. The molecule has 0 radical (unpaired) electrons. The van der Waals surface area contributed by atoms with E-state index < -0.39 is 0 Å². The van der Waals surface area contributed by atoms with Gasteiger partial charge >= 0.3 is 0 Å². The minimum Gasteiger partial charge on any atom is -0.456 e. The number of hydrogen-bond donors (Lipinski definition) is 1. The van der Waals surface area contributed by atoms with E-state index in [0.29, 0.717) is 11.6 Å². The van der Waals surface area contributed by atoms with Gasteiger partial charge in [0.1, 0.15) is 11.3 Å². The van der Waals surface area contributed by atoms with E-state index in [2.05, 4.69) is 4.99 Å². The Kier molecular flexibility index (Phi) is 4.79. The molecule has 0 saturated carbocycles. The van der Waals surface area contributed by atoms with Gasteiger partial charge in [0.25, 0.3) is 0 Å². The summed E-state index contributed by atoms with van der Waals surface area (Å²) >= 11 is 12.2. The first-order valence-corrected chi connectivity index (χ1v) is 9.05. The molecule has 1 N–H and O–H groups in total. The molecular formula is C22H16Cl2NO+. The maximum atomic E-state index is 6.20. The average molecular weight is 381 g/mol. The molecular weight excluding hydrogens is 365 g/mol. The van der Waals surface area contributed by atoms with Crippen molar-refractivity contribution in [2.75, 3.05) is 0 Å². The monoisotopic (exact) mass is 380 g/mol. The molecule has 128 valence electrons. The molecule has 0 spiro atoms. The molecule has 4 heteroatoms. The molecule has 0 amide bonds. The van der Waals surface area contributed by atoms with Crippen molar-refractivity contribution in [2.45, 2.75) is 6.54 Å². The van der Waals surface area contributed by atoms with Gasteiger partial charge < -0.3 is 4.42 Å². The zero-order chi connectivity index (χ0) is 17.9. The lowest BCUT2D eigenvalue weighted by Crippen LogP contribution is -2.75. The zero-order valence-electron chi connectivity index (χ0n) is 13.9. The minimum absolute atomic E-state index is 0.676. The molecule has 3 aromatic carbocycles. The van der Waals surface area contributed by atoms with Crippen molar-refractivity contribution in [3.8, 4) is 11.3 Å². The number of nitrogens with one attached hydrogen (secondary N) is 1. The molecule has 0 bridgehead atoms. The van der Waals surface area contributed by atoms with Crippen molar-refractivity contribution in [1.82, 2.24) is 0 Å². The highest BCUT2D eigenvalue weighted by molar-refractivity contribution is 6.31. The fourth-order valence-electron chi connectivity index (χ4n) is 2.85. The summed E-state index contributed by atoms with van der Waals surface area (Å²) < 4.78 is 6.10. The van der Waals surface area contributed by atoms with Crippen molar-refractivity contribution in [2.24, 2.45) is 0 Å². The van der Waals surface area contributed by atoms with E-state index in [1.54, 1.807) is 0 Å². The van der Waals surface area contributed by atoms with E-state index >= 15 is 0 Å². The molecule has 2 nitrogen and oxygen atoms in total. The number of halogens is 2. The molecule has 1 heterocycles. The average Bonchev–Trinajstić information content (AvgIpc) is 2.68. The van der Waals surface area contributed by atoms with E-state index in [0.717, 1.165) is 38.2 Å². The first-order valence-electron chi connectivity index (χ1n) is 8.29. The minimum atomic E-state index is 0.676. The van der Waals surface area contributed by atoms with Gasteiger partial charge in [-0.3, -0.25) is 0 Å². The molecule has 26 heavy (non-hydrogen) atoms. The SMILES string of the molecule is Clc1ccc(C[NH+]=c2cc(-c3ccccc3)oc3ccc(Cl)cc23)cc1. The van der Waals surface area contributed by atoms with Crippen LogP contribution >= 0.6 is 23.2 Å². The lowest BCUT2D eigenvalue weighted by atomic mass is 10.1. The predicted molar refractivity (Wildman–Crippen MR) is 106 cm³/mol. The summed E-state index contributed by atoms with van der Waals surface area (Å²) in [6, 6.07) is 25.5. The first-order chi connectivity index (χ1) is 12.7. The van der Waals surface area contributed by atoms with Gasteiger partial charge in [0.15, 0.2) is 6.54 Å². The molecule has 0 unspecified atom stereocenters. The number of benzene rings is 3. The first kappa shape index (κ1) is 16.9. The molecule has 0 saturated heterocycles. The van der Waals surface area contributed by atoms with Gasteiger partial charge in [0.2, 0.25) is 5.36 Å². The topological polar surface area (TPSA) is 27.1 Å².